The maximum Gasteiger partial charge on any atom is 0.223 e. The van der Waals surface area contributed by atoms with Gasteiger partial charge in [0, 0.05) is 19.0 Å². The van der Waals surface area contributed by atoms with Crippen LogP contribution in [-0.2, 0) is 4.79 Å². The lowest BCUT2D eigenvalue weighted by molar-refractivity contribution is -0.135. The van der Waals surface area contributed by atoms with Crippen molar-refractivity contribution in [3.05, 3.63) is 0 Å². The highest BCUT2D eigenvalue weighted by Gasteiger charge is 2.32. The van der Waals surface area contributed by atoms with Crippen molar-refractivity contribution in [1.29, 1.82) is 0 Å². The minimum absolute atomic E-state index is 0.403. The smallest absolute Gasteiger partial charge is 0.223 e. The summed E-state index contributed by atoms with van der Waals surface area (Å²) in [5.41, 5.74) is 0. The minimum atomic E-state index is 0.403. The molecule has 2 fully saturated rings. The van der Waals surface area contributed by atoms with Crippen LogP contribution in [0.4, 0.5) is 0 Å². The van der Waals surface area contributed by atoms with Gasteiger partial charge in [-0.15, -0.1) is 0 Å². The molecule has 110 valence electrons. The molecule has 2 heterocycles. The predicted molar refractivity (Wildman–Crippen MR) is 79.0 cm³/mol. The number of carbonyl (C=O) groups excluding carboxylic acids is 1. The Kier molecular flexibility index (Phi) is 5.68. The molecule has 0 aliphatic carbocycles. The van der Waals surface area contributed by atoms with Crippen molar-refractivity contribution in [1.82, 2.24) is 10.2 Å². The van der Waals surface area contributed by atoms with Crippen LogP contribution in [0.25, 0.3) is 0 Å². The Morgan fingerprint density at radius 2 is 1.89 bits per heavy atom. The van der Waals surface area contributed by atoms with Crippen molar-refractivity contribution in [3.8, 4) is 0 Å². The fourth-order valence-corrected chi connectivity index (χ4v) is 3.63. The molecular formula is C16H30N2O. The Hall–Kier alpha value is -0.570. The van der Waals surface area contributed by atoms with Gasteiger partial charge in [0.05, 0.1) is 0 Å². The summed E-state index contributed by atoms with van der Waals surface area (Å²) in [6.45, 7) is 7.56. The lowest BCUT2D eigenvalue weighted by Crippen LogP contribution is -2.47. The van der Waals surface area contributed by atoms with Gasteiger partial charge in [0.2, 0.25) is 5.91 Å². The third kappa shape index (κ3) is 4.20. The number of nitrogens with zero attached hydrogens (tertiary/aromatic N) is 1. The van der Waals surface area contributed by atoms with E-state index < -0.39 is 0 Å². The Bertz CT molecular complexity index is 284. The molecule has 0 aromatic carbocycles. The maximum atomic E-state index is 12.5. The van der Waals surface area contributed by atoms with Crippen LogP contribution in [0.2, 0.25) is 0 Å². The van der Waals surface area contributed by atoms with Crippen LogP contribution in [0.15, 0.2) is 0 Å². The summed E-state index contributed by atoms with van der Waals surface area (Å²) in [6, 6.07) is 0.524. The molecule has 0 aromatic rings. The first-order chi connectivity index (χ1) is 9.18. The van der Waals surface area contributed by atoms with Gasteiger partial charge in [-0.05, 0) is 50.6 Å². The monoisotopic (exact) mass is 266 g/mol. The molecule has 1 amide bonds. The minimum Gasteiger partial charge on any atom is -0.339 e. The van der Waals surface area contributed by atoms with Crippen molar-refractivity contribution in [2.45, 2.75) is 64.8 Å². The van der Waals surface area contributed by atoms with Crippen LogP contribution in [0, 0.1) is 11.8 Å². The van der Waals surface area contributed by atoms with Gasteiger partial charge in [-0.3, -0.25) is 4.79 Å². The molecule has 0 bridgehead atoms. The second-order valence-corrected chi connectivity index (χ2v) is 6.69. The first-order valence-corrected chi connectivity index (χ1v) is 8.18. The molecule has 2 rings (SSSR count). The van der Waals surface area contributed by atoms with Crippen molar-refractivity contribution < 1.29 is 4.79 Å². The first-order valence-electron chi connectivity index (χ1n) is 8.18. The molecule has 2 saturated heterocycles. The van der Waals surface area contributed by atoms with E-state index in [1.807, 2.05) is 0 Å². The summed E-state index contributed by atoms with van der Waals surface area (Å²) < 4.78 is 0. The third-order valence-corrected chi connectivity index (χ3v) is 4.63. The van der Waals surface area contributed by atoms with E-state index in [0.717, 1.165) is 32.0 Å². The molecule has 0 saturated carbocycles. The standard InChI is InChI=1S/C16H30N2O/c1-13(2)12-16(19)18-11-5-3-4-6-15(18)14-7-9-17-10-8-14/h13-15,17H,3-12H2,1-2H3. The highest BCUT2D eigenvalue weighted by molar-refractivity contribution is 5.76. The largest absolute Gasteiger partial charge is 0.339 e. The summed E-state index contributed by atoms with van der Waals surface area (Å²) >= 11 is 0. The molecule has 0 spiro atoms. The van der Waals surface area contributed by atoms with E-state index >= 15 is 0 Å². The summed E-state index contributed by atoms with van der Waals surface area (Å²) in [5.74, 6) is 1.61. The van der Waals surface area contributed by atoms with Crippen molar-refractivity contribution in [3.63, 3.8) is 0 Å². The SMILES string of the molecule is CC(C)CC(=O)N1CCCCCC1C1CCNCC1. The average Bonchev–Trinajstić information content (AvgIpc) is 2.64. The summed E-state index contributed by atoms with van der Waals surface area (Å²) in [7, 11) is 0. The molecule has 2 aliphatic rings. The van der Waals surface area contributed by atoms with E-state index in [1.54, 1.807) is 0 Å². The van der Waals surface area contributed by atoms with Crippen LogP contribution in [-0.4, -0.2) is 36.5 Å². The molecule has 3 nitrogen and oxygen atoms in total. The zero-order valence-electron chi connectivity index (χ0n) is 12.7. The fraction of sp³-hybridized carbons (Fsp3) is 0.938. The van der Waals surface area contributed by atoms with E-state index in [0.29, 0.717) is 17.9 Å². The molecule has 19 heavy (non-hydrogen) atoms. The normalized spacial score (nSPS) is 26.5. The number of nitrogens with one attached hydrogen (secondary N) is 1. The summed E-state index contributed by atoms with van der Waals surface area (Å²) in [6.07, 6.45) is 8.25. The van der Waals surface area contributed by atoms with Crippen LogP contribution in [0.3, 0.4) is 0 Å². The number of piperidine rings is 1. The second-order valence-electron chi connectivity index (χ2n) is 6.69. The zero-order valence-corrected chi connectivity index (χ0v) is 12.7. The third-order valence-electron chi connectivity index (χ3n) is 4.63. The van der Waals surface area contributed by atoms with Crippen molar-refractivity contribution >= 4 is 5.91 Å². The molecule has 2 aliphatic heterocycles. The number of hydrogen-bond acceptors (Lipinski definition) is 2. The van der Waals surface area contributed by atoms with Gasteiger partial charge < -0.3 is 10.2 Å². The van der Waals surface area contributed by atoms with E-state index in [-0.39, 0.29) is 0 Å². The fourth-order valence-electron chi connectivity index (χ4n) is 3.63. The Balaban J connectivity index is 2.03. The first kappa shape index (κ1) is 14.8. The van der Waals surface area contributed by atoms with E-state index in [2.05, 4.69) is 24.1 Å². The van der Waals surface area contributed by atoms with Gasteiger partial charge in [0.1, 0.15) is 0 Å². The summed E-state index contributed by atoms with van der Waals surface area (Å²) in [4.78, 5) is 14.8. The van der Waals surface area contributed by atoms with Crippen molar-refractivity contribution in [2.24, 2.45) is 11.8 Å². The Morgan fingerprint density at radius 3 is 2.58 bits per heavy atom. The lowest BCUT2D eigenvalue weighted by atomic mass is 9.86. The number of carbonyl (C=O) groups is 1. The molecule has 1 N–H and O–H groups in total. The number of rotatable bonds is 3. The number of likely N-dealkylation sites (tertiary alicyclic amines) is 1. The Labute approximate surface area is 118 Å². The van der Waals surface area contributed by atoms with Gasteiger partial charge >= 0.3 is 0 Å². The molecular weight excluding hydrogens is 236 g/mol. The van der Waals surface area contributed by atoms with Gasteiger partial charge in [-0.1, -0.05) is 26.7 Å². The quantitative estimate of drug-likeness (QED) is 0.852. The molecule has 1 unspecified atom stereocenters. The topological polar surface area (TPSA) is 32.3 Å². The number of amides is 1. The van der Waals surface area contributed by atoms with Crippen LogP contribution < -0.4 is 5.32 Å². The molecule has 0 aromatic heterocycles. The predicted octanol–water partition coefficient (Wildman–Crippen LogP) is 2.80. The second kappa shape index (κ2) is 7.28. The van der Waals surface area contributed by atoms with Crippen LogP contribution in [0.5, 0.6) is 0 Å². The van der Waals surface area contributed by atoms with E-state index in [4.69, 9.17) is 0 Å². The van der Waals surface area contributed by atoms with Crippen molar-refractivity contribution in [2.75, 3.05) is 19.6 Å². The highest BCUT2D eigenvalue weighted by atomic mass is 16.2. The van der Waals surface area contributed by atoms with Crippen LogP contribution >= 0.6 is 0 Å². The zero-order chi connectivity index (χ0) is 13.7. The van der Waals surface area contributed by atoms with Gasteiger partial charge in [-0.25, -0.2) is 0 Å². The molecule has 0 radical (unpaired) electrons. The Morgan fingerprint density at radius 1 is 1.16 bits per heavy atom. The van der Waals surface area contributed by atoms with Crippen LogP contribution in [0.1, 0.15) is 58.8 Å². The van der Waals surface area contributed by atoms with E-state index in [9.17, 15) is 4.79 Å². The van der Waals surface area contributed by atoms with Gasteiger partial charge in [0.15, 0.2) is 0 Å². The molecule has 1 atom stereocenters. The lowest BCUT2D eigenvalue weighted by Gasteiger charge is -2.38. The highest BCUT2D eigenvalue weighted by Crippen LogP contribution is 2.29. The molecule has 3 heteroatoms. The number of hydrogen-bond donors (Lipinski definition) is 1. The summed E-state index contributed by atoms with van der Waals surface area (Å²) in [5, 5.41) is 3.44. The van der Waals surface area contributed by atoms with Gasteiger partial charge in [-0.2, -0.15) is 0 Å². The van der Waals surface area contributed by atoms with Gasteiger partial charge in [0.25, 0.3) is 0 Å². The maximum absolute atomic E-state index is 12.5. The average molecular weight is 266 g/mol. The van der Waals surface area contributed by atoms with E-state index in [1.165, 1.54) is 38.5 Å².